The third-order valence-electron chi connectivity index (χ3n) is 8.90. The van der Waals surface area contributed by atoms with Gasteiger partial charge in [-0.05, 0) is 57.4 Å². The summed E-state index contributed by atoms with van der Waals surface area (Å²) in [4.78, 5) is 20.6. The van der Waals surface area contributed by atoms with Crippen molar-refractivity contribution in [3.8, 4) is 11.3 Å². The number of allylic oxidation sites excluding steroid dienone is 1. The average molecular weight is 656 g/mol. The van der Waals surface area contributed by atoms with Crippen LogP contribution in [0.2, 0.25) is 0 Å². The maximum Gasteiger partial charge on any atom is 0.419 e. The van der Waals surface area contributed by atoms with E-state index < -0.39 is 27.5 Å². The second-order valence-electron chi connectivity index (χ2n) is 11.9. The number of anilines is 1. The van der Waals surface area contributed by atoms with Gasteiger partial charge in [0.05, 0.1) is 28.4 Å². The summed E-state index contributed by atoms with van der Waals surface area (Å²) in [5.41, 5.74) is 2.28. The highest BCUT2D eigenvalue weighted by Crippen LogP contribution is 2.41. The molecule has 2 fully saturated rings. The van der Waals surface area contributed by atoms with E-state index in [0.29, 0.717) is 30.1 Å². The number of aliphatic hydroxyl groups excluding tert-OH is 1. The van der Waals surface area contributed by atoms with Crippen LogP contribution >= 0.6 is 0 Å². The number of β-amino-alcohol motifs (C(OH)–C–C–N with tert-alkyl or cyclic N) is 1. The van der Waals surface area contributed by atoms with Gasteiger partial charge in [0.15, 0.2) is 5.65 Å². The molecular formula is C31H32F3N7O4S. The fraction of sp³-hybridized carbons (Fsp3) is 0.387. The van der Waals surface area contributed by atoms with E-state index in [1.807, 2.05) is 6.92 Å². The Kier molecular flexibility index (Phi) is 7.54. The van der Waals surface area contributed by atoms with E-state index in [1.165, 1.54) is 12.1 Å². The highest BCUT2D eigenvalue weighted by atomic mass is 32.2. The van der Waals surface area contributed by atoms with E-state index in [4.69, 9.17) is 4.84 Å². The van der Waals surface area contributed by atoms with Crippen LogP contribution in [0.5, 0.6) is 0 Å². The van der Waals surface area contributed by atoms with Crippen molar-refractivity contribution >= 4 is 32.6 Å². The van der Waals surface area contributed by atoms with Crippen molar-refractivity contribution in [2.75, 3.05) is 18.4 Å². The molecule has 2 aliphatic heterocycles. The average Bonchev–Trinajstić information content (AvgIpc) is 3.72. The van der Waals surface area contributed by atoms with Crippen molar-refractivity contribution in [2.24, 2.45) is 0 Å². The first-order valence-corrected chi connectivity index (χ1v) is 16.5. The smallest absolute Gasteiger partial charge is 0.412 e. The fourth-order valence-electron chi connectivity index (χ4n) is 6.63. The molecule has 46 heavy (non-hydrogen) atoms. The van der Waals surface area contributed by atoms with E-state index in [1.54, 1.807) is 37.3 Å². The fourth-order valence-corrected chi connectivity index (χ4v) is 7.97. The Morgan fingerprint density at radius 1 is 1.09 bits per heavy atom. The number of hydroxylamine groups is 1. The van der Waals surface area contributed by atoms with Gasteiger partial charge in [0.2, 0.25) is 5.95 Å². The Morgan fingerprint density at radius 2 is 1.85 bits per heavy atom. The number of nitrogens with one attached hydrogen (secondary N) is 2. The van der Waals surface area contributed by atoms with Gasteiger partial charge in [0.25, 0.3) is 10.0 Å². The summed E-state index contributed by atoms with van der Waals surface area (Å²) in [7, 11) is -4.29. The molecule has 0 bridgehead atoms. The molecule has 3 aromatic heterocycles. The van der Waals surface area contributed by atoms with E-state index in [9.17, 15) is 26.7 Å². The zero-order valence-electron chi connectivity index (χ0n) is 25.0. The first-order chi connectivity index (χ1) is 21.9. The van der Waals surface area contributed by atoms with E-state index >= 15 is 0 Å². The molecule has 0 radical (unpaired) electrons. The number of pyridine rings is 1. The number of alkyl halides is 3. The zero-order valence-corrected chi connectivity index (χ0v) is 25.8. The highest BCUT2D eigenvalue weighted by Gasteiger charge is 2.40. The largest absolute Gasteiger partial charge is 0.419 e. The van der Waals surface area contributed by atoms with Crippen molar-refractivity contribution in [1.82, 2.24) is 29.3 Å². The Morgan fingerprint density at radius 3 is 2.52 bits per heavy atom. The minimum Gasteiger partial charge on any atom is -0.412 e. The molecule has 3 N–H and O–H groups in total. The Balaban J connectivity index is 1.39. The molecule has 1 aliphatic carbocycles. The number of aromatic nitrogens is 4. The summed E-state index contributed by atoms with van der Waals surface area (Å²) in [6.45, 7) is 4.69. The predicted octanol–water partition coefficient (Wildman–Crippen LogP) is 4.41. The van der Waals surface area contributed by atoms with Crippen LogP contribution in [0.4, 0.5) is 19.1 Å². The first kappa shape index (κ1) is 30.6. The van der Waals surface area contributed by atoms with Crippen LogP contribution in [0.15, 0.2) is 65.5 Å². The van der Waals surface area contributed by atoms with Gasteiger partial charge in [0, 0.05) is 54.1 Å². The maximum atomic E-state index is 14.5. The molecule has 1 saturated carbocycles. The summed E-state index contributed by atoms with van der Waals surface area (Å²) in [6, 6.07) is 10.5. The van der Waals surface area contributed by atoms with Crippen LogP contribution in [-0.2, 0) is 21.0 Å². The van der Waals surface area contributed by atoms with Crippen molar-refractivity contribution in [1.29, 1.82) is 0 Å². The summed E-state index contributed by atoms with van der Waals surface area (Å²) in [5.74, 6) is 0.550. The molecule has 7 rings (SSSR count). The molecule has 3 aliphatic rings. The molecule has 5 heterocycles. The van der Waals surface area contributed by atoms with Crippen molar-refractivity contribution in [3.63, 3.8) is 0 Å². The van der Waals surface area contributed by atoms with Gasteiger partial charge in [-0.3, -0.25) is 4.90 Å². The Labute approximate surface area is 263 Å². The standard InChI is InChI=1S/C31H32F3N7O4S/c1-17-27(18(2)45-39-17)25-12-11-21-22(16-41(29(21)36-25)46(43,44)20-7-4-3-5-8-20)28-23(31(32,33)34)13-35-30(38-28)37-24-9-6-10-26(24)40-14-19(42)15-40/h3-5,7-8,11-13,16-17,19,24,26,39,42H,6,9-10,14-15H2,1-2H3,(H,35,37,38). The molecular weight excluding hydrogens is 623 g/mol. The first-order valence-electron chi connectivity index (χ1n) is 15.0. The van der Waals surface area contributed by atoms with Gasteiger partial charge in [-0.1, -0.05) is 18.2 Å². The van der Waals surface area contributed by atoms with Crippen LogP contribution in [-0.4, -0.2) is 74.7 Å². The van der Waals surface area contributed by atoms with Gasteiger partial charge in [-0.25, -0.2) is 27.3 Å². The number of rotatable bonds is 7. The summed E-state index contributed by atoms with van der Waals surface area (Å²) in [6.07, 6.45) is -0.765. The van der Waals surface area contributed by atoms with E-state index in [2.05, 4.69) is 30.6 Å². The number of nitrogens with zero attached hydrogens (tertiary/aromatic N) is 5. The number of hydrogen-bond donors (Lipinski definition) is 3. The predicted molar refractivity (Wildman–Crippen MR) is 164 cm³/mol. The lowest BCUT2D eigenvalue weighted by atomic mass is 10.0. The van der Waals surface area contributed by atoms with E-state index in [-0.39, 0.29) is 51.7 Å². The van der Waals surface area contributed by atoms with Crippen molar-refractivity contribution < 1.29 is 31.5 Å². The molecule has 11 nitrogen and oxygen atoms in total. The lowest BCUT2D eigenvalue weighted by Crippen LogP contribution is -2.58. The quantitative estimate of drug-likeness (QED) is 0.263. The minimum atomic E-state index is -4.83. The number of likely N-dealkylation sites (tertiary alicyclic amines) is 1. The Bertz CT molecular complexity index is 1940. The second kappa shape index (κ2) is 11.3. The third kappa shape index (κ3) is 5.30. The second-order valence-corrected chi connectivity index (χ2v) is 13.8. The number of fused-ring (bicyclic) bond motifs is 1. The van der Waals surface area contributed by atoms with Crippen LogP contribution in [0.3, 0.4) is 0 Å². The van der Waals surface area contributed by atoms with Crippen LogP contribution in [0.1, 0.15) is 44.4 Å². The topological polar surface area (TPSA) is 134 Å². The van der Waals surface area contributed by atoms with Gasteiger partial charge < -0.3 is 15.3 Å². The van der Waals surface area contributed by atoms with Crippen LogP contribution in [0, 0.1) is 0 Å². The number of hydrogen-bond acceptors (Lipinski definition) is 10. The summed E-state index contributed by atoms with van der Waals surface area (Å²) in [5, 5.41) is 13.2. The van der Waals surface area contributed by atoms with Gasteiger partial charge >= 0.3 is 6.18 Å². The highest BCUT2D eigenvalue weighted by molar-refractivity contribution is 7.90. The van der Waals surface area contributed by atoms with Crippen molar-refractivity contribution in [3.05, 3.63) is 71.9 Å². The van der Waals surface area contributed by atoms with Crippen LogP contribution in [0.25, 0.3) is 27.9 Å². The molecule has 0 amide bonds. The molecule has 4 aromatic rings. The molecule has 3 unspecified atom stereocenters. The number of benzene rings is 1. The normalized spacial score (nSPS) is 22.8. The molecule has 0 spiro atoms. The summed E-state index contributed by atoms with van der Waals surface area (Å²) >= 11 is 0. The zero-order chi connectivity index (χ0) is 32.4. The Hall–Kier alpha value is -4.05. The third-order valence-corrected chi connectivity index (χ3v) is 10.6. The van der Waals surface area contributed by atoms with E-state index in [0.717, 1.165) is 35.6 Å². The number of halogens is 3. The molecule has 1 aromatic carbocycles. The molecule has 15 heteroatoms. The summed E-state index contributed by atoms with van der Waals surface area (Å²) < 4.78 is 72.3. The maximum absolute atomic E-state index is 14.5. The van der Waals surface area contributed by atoms with Gasteiger partial charge in [0.1, 0.15) is 11.3 Å². The lowest BCUT2D eigenvalue weighted by Gasteiger charge is -2.42. The van der Waals surface area contributed by atoms with Crippen molar-refractivity contribution in [2.45, 2.75) is 68.4 Å². The van der Waals surface area contributed by atoms with Gasteiger partial charge in [-0.2, -0.15) is 13.2 Å². The monoisotopic (exact) mass is 655 g/mol. The van der Waals surface area contributed by atoms with Crippen LogP contribution < -0.4 is 10.8 Å². The molecule has 1 saturated heterocycles. The molecule has 242 valence electrons. The lowest BCUT2D eigenvalue weighted by molar-refractivity contribution is -0.137. The van der Waals surface area contributed by atoms with Gasteiger partial charge in [-0.15, -0.1) is 5.48 Å². The molecule has 3 atom stereocenters. The minimum absolute atomic E-state index is 0.00107. The SMILES string of the molecule is CC1=C(c2ccc3c(-c4nc(NC5CCCC5N5CC(O)C5)ncc4C(F)(F)F)cn(S(=O)(=O)c4ccccc4)c3n2)C(C)NO1. The number of aliphatic hydroxyl groups is 1.